The highest BCUT2D eigenvalue weighted by molar-refractivity contribution is 6.56. The standard InChI is InChI=1S/C8H13B2N3/c1-3-9-6-5-12-8(11)7(13-6)10-4-2/h5H,3-4H2,1-2H3,(H2,11,12). The van der Waals surface area contributed by atoms with Crippen LogP contribution >= 0.6 is 0 Å². The van der Waals surface area contributed by atoms with Gasteiger partial charge < -0.3 is 5.73 Å². The van der Waals surface area contributed by atoms with Gasteiger partial charge in [-0.2, -0.15) is 0 Å². The second kappa shape index (κ2) is 4.90. The second-order valence-electron chi connectivity index (χ2n) is 2.79. The van der Waals surface area contributed by atoms with Crippen LogP contribution in [0.25, 0.3) is 0 Å². The van der Waals surface area contributed by atoms with Crippen molar-refractivity contribution in [3.8, 4) is 0 Å². The monoisotopic (exact) mass is 173 g/mol. The molecule has 3 nitrogen and oxygen atoms in total. The fourth-order valence-electron chi connectivity index (χ4n) is 1.08. The van der Waals surface area contributed by atoms with Crippen molar-refractivity contribution in [2.45, 2.75) is 26.5 Å². The molecule has 0 aliphatic rings. The highest BCUT2D eigenvalue weighted by Crippen LogP contribution is 1.87. The van der Waals surface area contributed by atoms with Crippen LogP contribution in [-0.2, 0) is 0 Å². The smallest absolute Gasteiger partial charge is 0.182 e. The predicted molar refractivity (Wildman–Crippen MR) is 58.2 cm³/mol. The Labute approximate surface area is 80.6 Å². The Morgan fingerprint density at radius 2 is 2.00 bits per heavy atom. The first-order valence-corrected chi connectivity index (χ1v) is 4.56. The number of rotatable bonds is 4. The Kier molecular flexibility index (Phi) is 3.80. The van der Waals surface area contributed by atoms with Crippen LogP contribution in [0.4, 0.5) is 5.82 Å². The molecular weight excluding hydrogens is 160 g/mol. The van der Waals surface area contributed by atoms with Gasteiger partial charge in [0.25, 0.3) is 0 Å². The summed E-state index contributed by atoms with van der Waals surface area (Å²) in [5.74, 6) is 0.509. The largest absolute Gasteiger partial charge is 0.383 e. The zero-order chi connectivity index (χ0) is 9.68. The van der Waals surface area contributed by atoms with Gasteiger partial charge in [0.05, 0.1) is 0 Å². The van der Waals surface area contributed by atoms with E-state index in [0.717, 1.165) is 23.8 Å². The van der Waals surface area contributed by atoms with E-state index in [1.165, 1.54) is 0 Å². The molecule has 0 fully saturated rings. The molecule has 0 aromatic carbocycles. The fraction of sp³-hybridized carbons (Fsp3) is 0.500. The SMILES string of the molecule is CC[B]c1cnc(N)c([B]CC)n1. The van der Waals surface area contributed by atoms with Gasteiger partial charge >= 0.3 is 0 Å². The lowest BCUT2D eigenvalue weighted by molar-refractivity contribution is 1.27. The third-order valence-corrected chi connectivity index (χ3v) is 1.66. The number of nitrogens with two attached hydrogens (primary N) is 1. The molecular formula is C8H13B2N3. The topological polar surface area (TPSA) is 51.8 Å². The molecule has 1 aromatic heterocycles. The minimum atomic E-state index is 0.509. The van der Waals surface area contributed by atoms with Gasteiger partial charge in [0, 0.05) is 17.4 Å². The molecule has 0 bridgehead atoms. The van der Waals surface area contributed by atoms with Gasteiger partial charge in [-0.05, 0) is 0 Å². The third kappa shape index (κ3) is 2.76. The summed E-state index contributed by atoms with van der Waals surface area (Å²) in [5, 5.41) is 0. The molecule has 1 aromatic rings. The maximum Gasteiger partial charge on any atom is 0.182 e. The van der Waals surface area contributed by atoms with Crippen molar-refractivity contribution in [2.75, 3.05) is 5.73 Å². The van der Waals surface area contributed by atoms with Crippen LogP contribution < -0.4 is 16.9 Å². The summed E-state index contributed by atoms with van der Waals surface area (Å²) >= 11 is 0. The van der Waals surface area contributed by atoms with Gasteiger partial charge in [0.1, 0.15) is 5.82 Å². The number of nitrogens with zero attached hydrogens (tertiary/aromatic N) is 2. The Morgan fingerprint density at radius 3 is 2.62 bits per heavy atom. The van der Waals surface area contributed by atoms with Crippen LogP contribution in [0.15, 0.2) is 6.20 Å². The zero-order valence-corrected chi connectivity index (χ0v) is 8.12. The second-order valence-corrected chi connectivity index (χ2v) is 2.79. The molecule has 66 valence electrons. The van der Waals surface area contributed by atoms with Crippen molar-refractivity contribution in [2.24, 2.45) is 0 Å². The molecule has 5 heteroatoms. The van der Waals surface area contributed by atoms with Gasteiger partial charge in [-0.25, -0.2) is 4.98 Å². The third-order valence-electron chi connectivity index (χ3n) is 1.66. The first kappa shape index (κ1) is 10.1. The highest BCUT2D eigenvalue weighted by atomic mass is 14.9. The van der Waals surface area contributed by atoms with E-state index in [0.29, 0.717) is 5.82 Å². The Morgan fingerprint density at radius 1 is 1.31 bits per heavy atom. The summed E-state index contributed by atoms with van der Waals surface area (Å²) in [5.41, 5.74) is 7.35. The molecule has 0 aliphatic carbocycles. The predicted octanol–water partition coefficient (Wildman–Crippen LogP) is -0.406. The quantitative estimate of drug-likeness (QED) is 0.629. The van der Waals surface area contributed by atoms with Crippen molar-refractivity contribution in [1.29, 1.82) is 0 Å². The molecule has 0 atom stereocenters. The van der Waals surface area contributed by atoms with E-state index in [2.05, 4.69) is 23.8 Å². The van der Waals surface area contributed by atoms with Crippen LogP contribution in [0.2, 0.25) is 12.6 Å². The minimum absolute atomic E-state index is 0.509. The Balaban J connectivity index is 2.83. The van der Waals surface area contributed by atoms with Crippen molar-refractivity contribution in [3.05, 3.63) is 6.20 Å². The lowest BCUT2D eigenvalue weighted by atomic mass is 9.69. The molecule has 0 saturated carbocycles. The van der Waals surface area contributed by atoms with E-state index in [4.69, 9.17) is 5.73 Å². The summed E-state index contributed by atoms with van der Waals surface area (Å²) in [4.78, 5) is 8.42. The van der Waals surface area contributed by atoms with Crippen LogP contribution in [0.1, 0.15) is 13.8 Å². The number of hydrogen-bond donors (Lipinski definition) is 1. The van der Waals surface area contributed by atoms with Crippen LogP contribution in [0.5, 0.6) is 0 Å². The summed E-state index contributed by atoms with van der Waals surface area (Å²) in [6, 6.07) is 0. The Bertz CT molecular complexity index is 278. The molecule has 0 spiro atoms. The van der Waals surface area contributed by atoms with E-state index in [9.17, 15) is 0 Å². The van der Waals surface area contributed by atoms with Crippen molar-refractivity contribution >= 4 is 31.6 Å². The van der Waals surface area contributed by atoms with Gasteiger partial charge in [-0.1, -0.05) is 26.5 Å². The van der Waals surface area contributed by atoms with E-state index < -0.39 is 0 Å². The Hall–Kier alpha value is -0.990. The molecule has 1 rings (SSSR count). The summed E-state index contributed by atoms with van der Waals surface area (Å²) in [7, 11) is 4.01. The normalized spacial score (nSPS) is 9.69. The average Bonchev–Trinajstić information content (AvgIpc) is 2.12. The maximum atomic E-state index is 5.65. The number of anilines is 1. The van der Waals surface area contributed by atoms with E-state index in [1.807, 2.05) is 14.6 Å². The van der Waals surface area contributed by atoms with E-state index >= 15 is 0 Å². The van der Waals surface area contributed by atoms with Crippen molar-refractivity contribution < 1.29 is 0 Å². The van der Waals surface area contributed by atoms with E-state index in [1.54, 1.807) is 6.20 Å². The van der Waals surface area contributed by atoms with Crippen molar-refractivity contribution in [3.63, 3.8) is 0 Å². The molecule has 0 amide bonds. The van der Waals surface area contributed by atoms with Gasteiger partial charge in [-0.15, -0.1) is 0 Å². The highest BCUT2D eigenvalue weighted by Gasteiger charge is 2.04. The van der Waals surface area contributed by atoms with Gasteiger partial charge in [0.2, 0.25) is 0 Å². The first-order chi connectivity index (χ1) is 6.27. The van der Waals surface area contributed by atoms with Crippen molar-refractivity contribution in [1.82, 2.24) is 9.97 Å². The molecule has 0 saturated heterocycles. The molecule has 2 N–H and O–H groups in total. The molecule has 1 heterocycles. The molecule has 13 heavy (non-hydrogen) atoms. The van der Waals surface area contributed by atoms with Gasteiger partial charge in [0.15, 0.2) is 14.6 Å². The maximum absolute atomic E-state index is 5.65. The van der Waals surface area contributed by atoms with Gasteiger partial charge in [-0.3, -0.25) is 4.98 Å². The zero-order valence-electron chi connectivity index (χ0n) is 8.12. The summed E-state index contributed by atoms with van der Waals surface area (Å²) < 4.78 is 0. The molecule has 0 unspecified atom stereocenters. The fourth-order valence-corrected chi connectivity index (χ4v) is 1.08. The lowest BCUT2D eigenvalue weighted by Crippen LogP contribution is -2.32. The van der Waals surface area contributed by atoms with Crippen LogP contribution in [0.3, 0.4) is 0 Å². The van der Waals surface area contributed by atoms with Crippen LogP contribution in [0, 0.1) is 0 Å². The number of aromatic nitrogens is 2. The average molecular weight is 173 g/mol. The number of hydrogen-bond acceptors (Lipinski definition) is 3. The first-order valence-electron chi connectivity index (χ1n) is 4.56. The lowest BCUT2D eigenvalue weighted by Gasteiger charge is -2.03. The minimum Gasteiger partial charge on any atom is -0.383 e. The number of nitrogen functional groups attached to an aromatic ring is 1. The summed E-state index contributed by atoms with van der Waals surface area (Å²) in [6.45, 7) is 4.12. The molecule has 2 radical (unpaired) electrons. The summed E-state index contributed by atoms with van der Waals surface area (Å²) in [6.07, 6.45) is 3.59. The van der Waals surface area contributed by atoms with Crippen LogP contribution in [-0.4, -0.2) is 24.5 Å². The van der Waals surface area contributed by atoms with E-state index in [-0.39, 0.29) is 0 Å². The molecule has 0 aliphatic heterocycles.